The Morgan fingerprint density at radius 2 is 1.89 bits per heavy atom. The second-order valence-electron chi connectivity index (χ2n) is 4.36. The van der Waals surface area contributed by atoms with Gasteiger partial charge in [0.25, 0.3) is 0 Å². The van der Waals surface area contributed by atoms with Gasteiger partial charge in [0.1, 0.15) is 5.58 Å². The van der Waals surface area contributed by atoms with Crippen molar-refractivity contribution >= 4 is 11.0 Å². The zero-order valence-electron chi connectivity index (χ0n) is 11.0. The number of aromatic hydroxyl groups is 2. The van der Waals surface area contributed by atoms with E-state index in [2.05, 4.69) is 4.90 Å². The van der Waals surface area contributed by atoms with Crippen LogP contribution in [-0.4, -0.2) is 28.2 Å². The largest absolute Gasteiger partial charge is 0.504 e. The molecule has 1 heterocycles. The molecule has 0 aliphatic heterocycles. The molecule has 0 unspecified atom stereocenters. The summed E-state index contributed by atoms with van der Waals surface area (Å²) in [7, 11) is 0. The van der Waals surface area contributed by atoms with Gasteiger partial charge in [-0.25, -0.2) is 4.79 Å². The molecule has 0 radical (unpaired) electrons. The highest BCUT2D eigenvalue weighted by atomic mass is 16.4. The Kier molecular flexibility index (Phi) is 3.76. The molecule has 0 aliphatic rings. The van der Waals surface area contributed by atoms with Crippen molar-refractivity contribution in [3.63, 3.8) is 0 Å². The van der Waals surface area contributed by atoms with E-state index in [9.17, 15) is 15.0 Å². The third kappa shape index (κ3) is 2.56. The first-order valence-corrected chi connectivity index (χ1v) is 6.26. The third-order valence-electron chi connectivity index (χ3n) is 3.23. The predicted molar refractivity (Wildman–Crippen MR) is 72.4 cm³/mol. The van der Waals surface area contributed by atoms with E-state index in [1.54, 1.807) is 6.07 Å². The molecule has 0 fully saturated rings. The van der Waals surface area contributed by atoms with Crippen LogP contribution in [0, 0.1) is 0 Å². The standard InChI is InChI=1S/C14H17NO4/c1-3-15(4-2)8-10-13(18)11(16)7-9-5-6-12(17)19-14(9)10/h5-7,16,18H,3-4,8H2,1-2H3. The van der Waals surface area contributed by atoms with Crippen LogP contribution in [0.4, 0.5) is 0 Å². The average molecular weight is 263 g/mol. The summed E-state index contributed by atoms with van der Waals surface area (Å²) in [5.41, 5.74) is 0.296. The van der Waals surface area contributed by atoms with E-state index in [1.165, 1.54) is 12.1 Å². The Labute approximate surface area is 110 Å². The van der Waals surface area contributed by atoms with Crippen LogP contribution in [0.15, 0.2) is 27.4 Å². The van der Waals surface area contributed by atoms with Crippen molar-refractivity contribution in [3.8, 4) is 11.5 Å². The van der Waals surface area contributed by atoms with Gasteiger partial charge in [-0.05, 0) is 25.2 Å². The molecule has 1 aromatic heterocycles. The fraction of sp³-hybridized carbons (Fsp3) is 0.357. The smallest absolute Gasteiger partial charge is 0.336 e. The molecule has 2 rings (SSSR count). The minimum absolute atomic E-state index is 0.205. The molecule has 1 aromatic carbocycles. The Hall–Kier alpha value is -2.01. The van der Waals surface area contributed by atoms with Gasteiger partial charge in [-0.2, -0.15) is 0 Å². The number of phenols is 2. The van der Waals surface area contributed by atoms with Crippen LogP contribution in [-0.2, 0) is 6.54 Å². The summed E-state index contributed by atoms with van der Waals surface area (Å²) in [4.78, 5) is 13.4. The van der Waals surface area contributed by atoms with Gasteiger partial charge in [-0.15, -0.1) is 0 Å². The lowest BCUT2D eigenvalue weighted by atomic mass is 10.1. The molecule has 102 valence electrons. The topological polar surface area (TPSA) is 73.9 Å². The Bertz CT molecular complexity index is 644. The number of hydrogen-bond acceptors (Lipinski definition) is 5. The fourth-order valence-corrected chi connectivity index (χ4v) is 2.07. The van der Waals surface area contributed by atoms with Gasteiger partial charge >= 0.3 is 5.63 Å². The average Bonchev–Trinajstić information content (AvgIpc) is 2.40. The highest BCUT2D eigenvalue weighted by molar-refractivity contribution is 5.84. The summed E-state index contributed by atoms with van der Waals surface area (Å²) in [6.07, 6.45) is 0. The SMILES string of the molecule is CCN(CC)Cc1c(O)c(O)cc2ccc(=O)oc12. The Morgan fingerprint density at radius 3 is 2.53 bits per heavy atom. The van der Waals surface area contributed by atoms with E-state index in [-0.39, 0.29) is 11.5 Å². The minimum atomic E-state index is -0.474. The number of hydrogen-bond donors (Lipinski definition) is 2. The van der Waals surface area contributed by atoms with Crippen molar-refractivity contribution in [2.24, 2.45) is 0 Å². The molecular formula is C14H17NO4. The van der Waals surface area contributed by atoms with Crippen molar-refractivity contribution in [3.05, 3.63) is 34.2 Å². The Balaban J connectivity index is 2.64. The lowest BCUT2D eigenvalue weighted by molar-refractivity contribution is 0.288. The molecule has 5 heteroatoms. The molecular weight excluding hydrogens is 246 g/mol. The second-order valence-corrected chi connectivity index (χ2v) is 4.36. The normalized spacial score (nSPS) is 11.3. The number of phenolic OH excluding ortho intramolecular Hbond substituents is 2. The molecule has 2 N–H and O–H groups in total. The van der Waals surface area contributed by atoms with Gasteiger partial charge in [-0.1, -0.05) is 13.8 Å². The van der Waals surface area contributed by atoms with E-state index in [0.29, 0.717) is 23.1 Å². The van der Waals surface area contributed by atoms with Gasteiger partial charge in [0.2, 0.25) is 0 Å². The second kappa shape index (κ2) is 5.32. The minimum Gasteiger partial charge on any atom is -0.504 e. The van der Waals surface area contributed by atoms with Crippen LogP contribution in [0.2, 0.25) is 0 Å². The number of nitrogens with zero attached hydrogens (tertiary/aromatic N) is 1. The van der Waals surface area contributed by atoms with E-state index in [0.717, 1.165) is 13.1 Å². The summed E-state index contributed by atoms with van der Waals surface area (Å²) in [5, 5.41) is 20.3. The van der Waals surface area contributed by atoms with E-state index >= 15 is 0 Å². The number of rotatable bonds is 4. The third-order valence-corrected chi connectivity index (χ3v) is 3.23. The first-order valence-electron chi connectivity index (χ1n) is 6.26. The molecule has 19 heavy (non-hydrogen) atoms. The molecule has 0 saturated carbocycles. The zero-order chi connectivity index (χ0) is 14.0. The highest BCUT2D eigenvalue weighted by Crippen LogP contribution is 2.35. The maximum Gasteiger partial charge on any atom is 0.336 e. The Morgan fingerprint density at radius 1 is 1.21 bits per heavy atom. The molecule has 2 aromatic rings. The summed E-state index contributed by atoms with van der Waals surface area (Å²) in [6, 6.07) is 4.26. The van der Waals surface area contributed by atoms with Crippen LogP contribution in [0.3, 0.4) is 0 Å². The van der Waals surface area contributed by atoms with Gasteiger partial charge in [0, 0.05) is 18.0 Å². The van der Waals surface area contributed by atoms with Gasteiger partial charge in [0.05, 0.1) is 5.56 Å². The molecule has 0 atom stereocenters. The van der Waals surface area contributed by atoms with Crippen molar-refractivity contribution in [1.82, 2.24) is 4.90 Å². The molecule has 0 aliphatic carbocycles. The monoisotopic (exact) mass is 263 g/mol. The molecule has 0 spiro atoms. The number of benzene rings is 1. The van der Waals surface area contributed by atoms with Gasteiger partial charge in [-0.3, -0.25) is 4.90 Å². The maximum atomic E-state index is 11.3. The van der Waals surface area contributed by atoms with Crippen LogP contribution >= 0.6 is 0 Å². The lowest BCUT2D eigenvalue weighted by Gasteiger charge is -2.19. The van der Waals surface area contributed by atoms with Gasteiger partial charge < -0.3 is 14.6 Å². The van der Waals surface area contributed by atoms with Crippen molar-refractivity contribution in [1.29, 1.82) is 0 Å². The first-order chi connectivity index (χ1) is 9.06. The molecule has 0 amide bonds. The summed E-state index contributed by atoms with van der Waals surface area (Å²) >= 11 is 0. The van der Waals surface area contributed by atoms with Crippen LogP contribution in [0.5, 0.6) is 11.5 Å². The van der Waals surface area contributed by atoms with Crippen LogP contribution in [0.25, 0.3) is 11.0 Å². The van der Waals surface area contributed by atoms with Crippen molar-refractivity contribution in [2.45, 2.75) is 20.4 Å². The van der Waals surface area contributed by atoms with Gasteiger partial charge in [0.15, 0.2) is 11.5 Å². The number of fused-ring (bicyclic) bond motifs is 1. The quantitative estimate of drug-likeness (QED) is 0.652. The van der Waals surface area contributed by atoms with Crippen LogP contribution < -0.4 is 5.63 Å². The molecule has 5 nitrogen and oxygen atoms in total. The summed E-state index contributed by atoms with van der Waals surface area (Å²) < 4.78 is 5.17. The lowest BCUT2D eigenvalue weighted by Crippen LogP contribution is -2.22. The zero-order valence-corrected chi connectivity index (χ0v) is 11.0. The van der Waals surface area contributed by atoms with Crippen molar-refractivity contribution in [2.75, 3.05) is 13.1 Å². The first kappa shape index (κ1) is 13.4. The van der Waals surface area contributed by atoms with E-state index < -0.39 is 5.63 Å². The van der Waals surface area contributed by atoms with Crippen LogP contribution in [0.1, 0.15) is 19.4 Å². The van der Waals surface area contributed by atoms with E-state index in [1.807, 2.05) is 13.8 Å². The van der Waals surface area contributed by atoms with E-state index in [4.69, 9.17) is 4.42 Å². The maximum absolute atomic E-state index is 11.3. The molecule has 0 saturated heterocycles. The molecule has 0 bridgehead atoms. The van der Waals surface area contributed by atoms with Crippen molar-refractivity contribution < 1.29 is 14.6 Å². The fourth-order valence-electron chi connectivity index (χ4n) is 2.07. The highest BCUT2D eigenvalue weighted by Gasteiger charge is 2.16. The summed E-state index contributed by atoms with van der Waals surface area (Å²) in [5.74, 6) is -0.433. The summed E-state index contributed by atoms with van der Waals surface area (Å²) in [6.45, 7) is 6.01. The predicted octanol–water partition coefficient (Wildman–Crippen LogP) is 2.05.